The van der Waals surface area contributed by atoms with E-state index in [1.165, 1.54) is 32.3 Å². The molecular formula is C22H19NS. The van der Waals surface area contributed by atoms with Crippen molar-refractivity contribution in [3.05, 3.63) is 90.5 Å². The highest BCUT2D eigenvalue weighted by atomic mass is 32.2. The molecule has 0 radical (unpaired) electrons. The van der Waals surface area contributed by atoms with Crippen LogP contribution in [0, 0.1) is 0 Å². The summed E-state index contributed by atoms with van der Waals surface area (Å²) in [6, 6.07) is 26.0. The van der Waals surface area contributed by atoms with Crippen LogP contribution in [0.25, 0.3) is 6.08 Å². The predicted octanol–water partition coefficient (Wildman–Crippen LogP) is 6.18. The summed E-state index contributed by atoms with van der Waals surface area (Å²) in [4.78, 5) is 5.11. The van der Waals surface area contributed by atoms with E-state index in [9.17, 15) is 0 Å². The summed E-state index contributed by atoms with van der Waals surface area (Å²) < 4.78 is 0. The van der Waals surface area contributed by atoms with Gasteiger partial charge in [0.2, 0.25) is 0 Å². The molecule has 0 bridgehead atoms. The molecule has 1 nitrogen and oxygen atoms in total. The van der Waals surface area contributed by atoms with Gasteiger partial charge < -0.3 is 4.90 Å². The summed E-state index contributed by atoms with van der Waals surface area (Å²) in [5.41, 5.74) is 5.14. The number of hydrogen-bond acceptors (Lipinski definition) is 2. The fraction of sp³-hybridized carbons (Fsp3) is 0.0909. The largest absolute Gasteiger partial charge is 0.339 e. The van der Waals surface area contributed by atoms with Crippen LogP contribution in [0.15, 0.2) is 89.2 Å². The number of anilines is 2. The van der Waals surface area contributed by atoms with E-state index >= 15 is 0 Å². The third-order valence-electron chi connectivity index (χ3n) is 4.34. The Bertz CT molecular complexity index is 839. The van der Waals surface area contributed by atoms with E-state index in [1.54, 1.807) is 0 Å². The van der Waals surface area contributed by atoms with Crippen LogP contribution < -0.4 is 4.90 Å². The number of hydrogen-bond donors (Lipinski definition) is 0. The van der Waals surface area contributed by atoms with Gasteiger partial charge in [-0.15, -0.1) is 0 Å². The highest BCUT2D eigenvalue weighted by Crippen LogP contribution is 2.47. The van der Waals surface area contributed by atoms with E-state index in [-0.39, 0.29) is 0 Å². The monoisotopic (exact) mass is 329 g/mol. The zero-order valence-electron chi connectivity index (χ0n) is 13.5. The van der Waals surface area contributed by atoms with E-state index < -0.39 is 0 Å². The zero-order chi connectivity index (χ0) is 16.4. The van der Waals surface area contributed by atoms with Gasteiger partial charge in [0, 0.05) is 16.3 Å². The quantitative estimate of drug-likeness (QED) is 0.562. The Hall–Kier alpha value is -2.45. The zero-order valence-corrected chi connectivity index (χ0v) is 14.3. The SMILES string of the molecule is C=Cc1cccc(CCN2c3ccccc3Sc3ccccc32)c1. The van der Waals surface area contributed by atoms with E-state index in [2.05, 4.69) is 84.3 Å². The molecule has 3 aromatic rings. The molecular weight excluding hydrogens is 310 g/mol. The van der Waals surface area contributed by atoms with Gasteiger partial charge in [0.1, 0.15) is 0 Å². The number of rotatable bonds is 4. The Morgan fingerprint density at radius 1 is 0.833 bits per heavy atom. The van der Waals surface area contributed by atoms with Crippen LogP contribution in [0.5, 0.6) is 0 Å². The van der Waals surface area contributed by atoms with Gasteiger partial charge >= 0.3 is 0 Å². The summed E-state index contributed by atoms with van der Waals surface area (Å²) in [7, 11) is 0. The third-order valence-corrected chi connectivity index (χ3v) is 5.47. The van der Waals surface area contributed by atoms with Crippen LogP contribution >= 0.6 is 11.8 Å². The van der Waals surface area contributed by atoms with Crippen LogP contribution in [0.2, 0.25) is 0 Å². The molecule has 0 atom stereocenters. The molecule has 0 saturated carbocycles. The van der Waals surface area contributed by atoms with Crippen molar-refractivity contribution in [2.75, 3.05) is 11.4 Å². The molecule has 24 heavy (non-hydrogen) atoms. The average Bonchev–Trinajstić information content (AvgIpc) is 2.65. The summed E-state index contributed by atoms with van der Waals surface area (Å²) in [5.74, 6) is 0. The highest BCUT2D eigenvalue weighted by molar-refractivity contribution is 7.99. The Kier molecular flexibility index (Phi) is 4.14. The molecule has 0 N–H and O–H groups in total. The minimum absolute atomic E-state index is 0.967. The maximum Gasteiger partial charge on any atom is 0.0552 e. The molecule has 0 unspecified atom stereocenters. The summed E-state index contributed by atoms with van der Waals surface area (Å²) in [6.45, 7) is 4.84. The molecule has 0 aromatic heterocycles. The smallest absolute Gasteiger partial charge is 0.0552 e. The fourth-order valence-corrected chi connectivity index (χ4v) is 4.23. The molecule has 0 amide bonds. The Morgan fingerprint density at radius 3 is 2.17 bits per heavy atom. The third kappa shape index (κ3) is 2.85. The fourth-order valence-electron chi connectivity index (χ4n) is 3.14. The first-order chi connectivity index (χ1) is 11.8. The second kappa shape index (κ2) is 6.58. The standard InChI is InChI=1S/C22H19NS/c1-2-17-8-7-9-18(16-17)14-15-23-19-10-3-5-12-21(19)24-22-13-6-4-11-20(22)23/h2-13,16H,1,14-15H2. The van der Waals surface area contributed by atoms with Gasteiger partial charge in [-0.2, -0.15) is 0 Å². The van der Waals surface area contributed by atoms with E-state index in [0.29, 0.717) is 0 Å². The van der Waals surface area contributed by atoms with Crippen LogP contribution in [0.1, 0.15) is 11.1 Å². The van der Waals surface area contributed by atoms with Gasteiger partial charge in [-0.3, -0.25) is 0 Å². The minimum atomic E-state index is 0.967. The first kappa shape index (κ1) is 15.1. The maximum absolute atomic E-state index is 3.87. The topological polar surface area (TPSA) is 3.24 Å². The first-order valence-electron chi connectivity index (χ1n) is 8.20. The summed E-state index contributed by atoms with van der Waals surface area (Å²) in [6.07, 6.45) is 2.92. The molecule has 1 aliphatic heterocycles. The highest BCUT2D eigenvalue weighted by Gasteiger charge is 2.22. The molecule has 0 saturated heterocycles. The second-order valence-electron chi connectivity index (χ2n) is 5.89. The van der Waals surface area contributed by atoms with Crippen molar-refractivity contribution in [1.29, 1.82) is 0 Å². The van der Waals surface area contributed by atoms with Gasteiger partial charge in [-0.05, 0) is 41.8 Å². The molecule has 4 rings (SSSR count). The number of nitrogens with zero attached hydrogens (tertiary/aromatic N) is 1. The maximum atomic E-state index is 3.87. The van der Waals surface area contributed by atoms with E-state index in [1.807, 2.05) is 17.8 Å². The van der Waals surface area contributed by atoms with Crippen LogP contribution in [-0.4, -0.2) is 6.54 Å². The lowest BCUT2D eigenvalue weighted by molar-refractivity contribution is 0.891. The van der Waals surface area contributed by atoms with Crippen LogP contribution in [-0.2, 0) is 6.42 Å². The number of para-hydroxylation sites is 2. The molecule has 0 spiro atoms. The van der Waals surface area contributed by atoms with E-state index in [4.69, 9.17) is 0 Å². The van der Waals surface area contributed by atoms with Gasteiger partial charge in [0.05, 0.1) is 11.4 Å². The average molecular weight is 329 g/mol. The lowest BCUT2D eigenvalue weighted by Gasteiger charge is -2.32. The van der Waals surface area contributed by atoms with Crippen molar-refractivity contribution in [3.8, 4) is 0 Å². The normalized spacial score (nSPS) is 12.4. The van der Waals surface area contributed by atoms with Gasteiger partial charge in [0.15, 0.2) is 0 Å². The molecule has 2 heteroatoms. The molecule has 1 heterocycles. The molecule has 3 aromatic carbocycles. The van der Waals surface area contributed by atoms with Gasteiger partial charge in [-0.25, -0.2) is 0 Å². The number of fused-ring (bicyclic) bond motifs is 2. The lowest BCUT2D eigenvalue weighted by Crippen LogP contribution is -2.23. The van der Waals surface area contributed by atoms with Crippen molar-refractivity contribution in [2.24, 2.45) is 0 Å². The molecule has 118 valence electrons. The Balaban J connectivity index is 1.66. The Morgan fingerprint density at radius 2 is 1.50 bits per heavy atom. The predicted molar refractivity (Wildman–Crippen MR) is 104 cm³/mol. The molecule has 1 aliphatic rings. The van der Waals surface area contributed by atoms with Crippen molar-refractivity contribution in [1.82, 2.24) is 0 Å². The van der Waals surface area contributed by atoms with E-state index in [0.717, 1.165) is 13.0 Å². The van der Waals surface area contributed by atoms with Crippen molar-refractivity contribution in [2.45, 2.75) is 16.2 Å². The summed E-state index contributed by atoms with van der Waals surface area (Å²) >= 11 is 1.86. The molecule has 0 fully saturated rings. The Labute approximate surface area is 147 Å². The van der Waals surface area contributed by atoms with Crippen LogP contribution in [0.4, 0.5) is 11.4 Å². The second-order valence-corrected chi connectivity index (χ2v) is 6.97. The van der Waals surface area contributed by atoms with Gasteiger partial charge in [-0.1, -0.05) is 72.9 Å². The molecule has 0 aliphatic carbocycles. The minimum Gasteiger partial charge on any atom is -0.339 e. The summed E-state index contributed by atoms with van der Waals surface area (Å²) in [5, 5.41) is 0. The van der Waals surface area contributed by atoms with Crippen molar-refractivity contribution in [3.63, 3.8) is 0 Å². The van der Waals surface area contributed by atoms with Crippen LogP contribution in [0.3, 0.4) is 0 Å². The first-order valence-corrected chi connectivity index (χ1v) is 9.01. The number of benzene rings is 3. The van der Waals surface area contributed by atoms with Crippen molar-refractivity contribution >= 4 is 29.2 Å². The van der Waals surface area contributed by atoms with Gasteiger partial charge in [0.25, 0.3) is 0 Å². The lowest BCUT2D eigenvalue weighted by atomic mass is 10.1. The van der Waals surface area contributed by atoms with Crippen molar-refractivity contribution < 1.29 is 0 Å².